The third-order valence-electron chi connectivity index (χ3n) is 3.86. The van der Waals surface area contributed by atoms with Crippen LogP contribution in [0.5, 0.6) is 0 Å². The van der Waals surface area contributed by atoms with Gasteiger partial charge in [-0.2, -0.15) is 13.2 Å². The van der Waals surface area contributed by atoms with Crippen molar-refractivity contribution in [2.24, 2.45) is 5.92 Å². The molecule has 2 rings (SSSR count). The molecule has 2 unspecified atom stereocenters. The molecule has 116 valence electrons. The monoisotopic (exact) mass is 301 g/mol. The minimum atomic E-state index is -4.40. The molecule has 1 amide bonds. The molecule has 0 radical (unpaired) electrons. The second-order valence-electron chi connectivity index (χ2n) is 5.42. The van der Waals surface area contributed by atoms with Gasteiger partial charge in [-0.25, -0.2) is 0 Å². The van der Waals surface area contributed by atoms with Gasteiger partial charge in [0.15, 0.2) is 0 Å². The Kier molecular flexibility index (Phi) is 4.88. The molecule has 2 N–H and O–H groups in total. The maximum absolute atomic E-state index is 12.6. The lowest BCUT2D eigenvalue weighted by Crippen LogP contribution is -2.39. The molecule has 1 aromatic carbocycles. The van der Waals surface area contributed by atoms with Crippen LogP contribution in [0, 0.1) is 5.92 Å². The van der Waals surface area contributed by atoms with Crippen LogP contribution in [0.15, 0.2) is 24.3 Å². The smallest absolute Gasteiger partial charge is 0.396 e. The Morgan fingerprint density at radius 3 is 2.76 bits per heavy atom. The van der Waals surface area contributed by atoms with Crippen LogP contribution in [0.25, 0.3) is 0 Å². The molecule has 6 heteroatoms. The van der Waals surface area contributed by atoms with E-state index in [4.69, 9.17) is 0 Å². The number of benzene rings is 1. The number of nitrogens with one attached hydrogen (secondary N) is 1. The van der Waals surface area contributed by atoms with E-state index < -0.39 is 11.7 Å². The summed E-state index contributed by atoms with van der Waals surface area (Å²) >= 11 is 0. The van der Waals surface area contributed by atoms with Gasteiger partial charge in [0.25, 0.3) is 0 Å². The number of carbonyl (C=O) groups is 1. The maximum Gasteiger partial charge on any atom is 0.416 e. The molecule has 1 aliphatic rings. The van der Waals surface area contributed by atoms with Crippen LogP contribution < -0.4 is 5.32 Å². The summed E-state index contributed by atoms with van der Waals surface area (Å²) in [6, 6.07) is 4.72. The lowest BCUT2D eigenvalue weighted by Gasteiger charge is -2.19. The fraction of sp³-hybridized carbons (Fsp3) is 0.533. The van der Waals surface area contributed by atoms with E-state index in [2.05, 4.69) is 5.32 Å². The highest BCUT2D eigenvalue weighted by Gasteiger charge is 2.31. The van der Waals surface area contributed by atoms with E-state index in [1.54, 1.807) is 0 Å². The number of carbonyl (C=O) groups excluding carboxylic acids is 1. The predicted molar refractivity (Wildman–Crippen MR) is 71.5 cm³/mol. The van der Waals surface area contributed by atoms with E-state index in [1.807, 2.05) is 0 Å². The van der Waals surface area contributed by atoms with Gasteiger partial charge in [-0.3, -0.25) is 4.79 Å². The molecule has 0 spiro atoms. The van der Waals surface area contributed by atoms with Gasteiger partial charge in [-0.15, -0.1) is 0 Å². The van der Waals surface area contributed by atoms with E-state index in [9.17, 15) is 23.1 Å². The Morgan fingerprint density at radius 2 is 2.10 bits per heavy atom. The quantitative estimate of drug-likeness (QED) is 0.898. The summed E-state index contributed by atoms with van der Waals surface area (Å²) in [6.07, 6.45) is -1.87. The first-order chi connectivity index (χ1) is 9.90. The van der Waals surface area contributed by atoms with Crippen molar-refractivity contribution in [3.05, 3.63) is 35.4 Å². The Labute approximate surface area is 121 Å². The first-order valence-corrected chi connectivity index (χ1v) is 6.96. The number of halogens is 3. The molecular formula is C15H18F3NO2. The molecule has 1 aromatic rings. The van der Waals surface area contributed by atoms with Crippen LogP contribution in [0.1, 0.15) is 30.4 Å². The van der Waals surface area contributed by atoms with E-state index in [0.717, 1.165) is 31.4 Å². The van der Waals surface area contributed by atoms with Gasteiger partial charge < -0.3 is 10.4 Å². The molecule has 2 atom stereocenters. The molecule has 0 bridgehead atoms. The highest BCUT2D eigenvalue weighted by atomic mass is 19.4. The van der Waals surface area contributed by atoms with Crippen molar-refractivity contribution in [2.75, 3.05) is 6.61 Å². The lowest BCUT2D eigenvalue weighted by atomic mass is 10.0. The summed E-state index contributed by atoms with van der Waals surface area (Å²) in [5.74, 6) is -0.255. The lowest BCUT2D eigenvalue weighted by molar-refractivity contribution is -0.137. The third kappa shape index (κ3) is 4.20. The number of alkyl halides is 3. The second kappa shape index (κ2) is 6.47. The largest absolute Gasteiger partial charge is 0.416 e. The van der Waals surface area contributed by atoms with Gasteiger partial charge in [-0.1, -0.05) is 24.6 Å². The van der Waals surface area contributed by atoms with Crippen molar-refractivity contribution >= 4 is 5.91 Å². The van der Waals surface area contributed by atoms with Crippen LogP contribution in [-0.2, 0) is 17.4 Å². The topological polar surface area (TPSA) is 49.3 Å². The SMILES string of the molecule is O=C(Cc1cccc(C(F)(F)F)c1)NC1CCCC1CO. The number of aliphatic hydroxyl groups is 1. The first-order valence-electron chi connectivity index (χ1n) is 6.96. The molecule has 0 saturated heterocycles. The van der Waals surface area contributed by atoms with E-state index in [1.165, 1.54) is 12.1 Å². The van der Waals surface area contributed by atoms with Gasteiger partial charge in [0, 0.05) is 18.6 Å². The van der Waals surface area contributed by atoms with Crippen molar-refractivity contribution in [3.63, 3.8) is 0 Å². The molecule has 0 aliphatic heterocycles. The highest BCUT2D eigenvalue weighted by molar-refractivity contribution is 5.79. The Hall–Kier alpha value is -1.56. The molecule has 3 nitrogen and oxygen atoms in total. The minimum Gasteiger partial charge on any atom is -0.396 e. The summed E-state index contributed by atoms with van der Waals surface area (Å²) in [5, 5.41) is 12.0. The summed E-state index contributed by atoms with van der Waals surface area (Å²) < 4.78 is 37.8. The summed E-state index contributed by atoms with van der Waals surface area (Å²) in [5.41, 5.74) is -0.414. The molecule has 0 heterocycles. The molecule has 0 aromatic heterocycles. The number of hydrogen-bond acceptors (Lipinski definition) is 2. The van der Waals surface area contributed by atoms with Gasteiger partial charge in [0.2, 0.25) is 5.91 Å². The van der Waals surface area contributed by atoms with E-state index in [-0.39, 0.29) is 30.9 Å². The predicted octanol–water partition coefficient (Wildman–Crippen LogP) is 2.53. The fourth-order valence-electron chi connectivity index (χ4n) is 2.75. The van der Waals surface area contributed by atoms with E-state index >= 15 is 0 Å². The van der Waals surface area contributed by atoms with Crippen LogP contribution in [-0.4, -0.2) is 23.7 Å². The van der Waals surface area contributed by atoms with E-state index in [0.29, 0.717) is 5.56 Å². The molecule has 1 aliphatic carbocycles. The number of aliphatic hydroxyl groups excluding tert-OH is 1. The maximum atomic E-state index is 12.6. The molecule has 21 heavy (non-hydrogen) atoms. The Morgan fingerprint density at radius 1 is 1.33 bits per heavy atom. The molecule has 1 fully saturated rings. The average Bonchev–Trinajstić information content (AvgIpc) is 2.85. The van der Waals surface area contributed by atoms with Crippen molar-refractivity contribution in [1.82, 2.24) is 5.32 Å². The number of hydrogen-bond donors (Lipinski definition) is 2. The van der Waals surface area contributed by atoms with Crippen molar-refractivity contribution < 1.29 is 23.1 Å². The minimum absolute atomic E-state index is 0.0223. The Balaban J connectivity index is 1.97. The zero-order valence-electron chi connectivity index (χ0n) is 11.5. The number of rotatable bonds is 4. The zero-order valence-corrected chi connectivity index (χ0v) is 11.5. The molecule has 1 saturated carbocycles. The van der Waals surface area contributed by atoms with Crippen molar-refractivity contribution in [3.8, 4) is 0 Å². The van der Waals surface area contributed by atoms with Crippen LogP contribution in [0.3, 0.4) is 0 Å². The van der Waals surface area contributed by atoms with Crippen LogP contribution >= 0.6 is 0 Å². The standard InChI is InChI=1S/C15H18F3NO2/c16-15(17,18)12-5-1-3-10(7-12)8-14(21)19-13-6-2-4-11(13)9-20/h1,3,5,7,11,13,20H,2,4,6,8-9H2,(H,19,21). The Bertz CT molecular complexity index is 502. The first kappa shape index (κ1) is 15.8. The fourth-order valence-corrected chi connectivity index (χ4v) is 2.75. The van der Waals surface area contributed by atoms with Gasteiger partial charge in [-0.05, 0) is 24.5 Å². The average molecular weight is 301 g/mol. The summed E-state index contributed by atoms with van der Waals surface area (Å²) in [6.45, 7) is 0.0223. The number of amides is 1. The van der Waals surface area contributed by atoms with Crippen LogP contribution in [0.2, 0.25) is 0 Å². The van der Waals surface area contributed by atoms with Crippen molar-refractivity contribution in [1.29, 1.82) is 0 Å². The van der Waals surface area contributed by atoms with Gasteiger partial charge in [0.1, 0.15) is 0 Å². The summed E-state index contributed by atoms with van der Waals surface area (Å²) in [4.78, 5) is 11.9. The summed E-state index contributed by atoms with van der Waals surface area (Å²) in [7, 11) is 0. The van der Waals surface area contributed by atoms with Gasteiger partial charge >= 0.3 is 6.18 Å². The van der Waals surface area contributed by atoms with Crippen molar-refractivity contribution in [2.45, 2.75) is 37.9 Å². The molecular weight excluding hydrogens is 283 g/mol. The van der Waals surface area contributed by atoms with Gasteiger partial charge in [0.05, 0.1) is 12.0 Å². The zero-order chi connectivity index (χ0) is 15.5. The highest BCUT2D eigenvalue weighted by Crippen LogP contribution is 2.29. The normalized spacial score (nSPS) is 22.3. The van der Waals surface area contributed by atoms with Crippen LogP contribution in [0.4, 0.5) is 13.2 Å². The third-order valence-corrected chi connectivity index (χ3v) is 3.86. The second-order valence-corrected chi connectivity index (χ2v) is 5.42.